The number of halogens is 2. The molecule has 0 aromatic carbocycles. The number of rotatable bonds is 1. The zero-order valence-corrected chi connectivity index (χ0v) is 7.19. The van der Waals surface area contributed by atoms with Gasteiger partial charge in [-0.15, -0.1) is 24.0 Å². The van der Waals surface area contributed by atoms with Crippen molar-refractivity contribution in [3.05, 3.63) is 29.6 Å². The molecule has 0 atom stereocenters. The summed E-state index contributed by atoms with van der Waals surface area (Å²) in [5.41, 5.74) is 1.20. The first-order valence-corrected chi connectivity index (χ1v) is 3.32. The molecular weight excluding hydrogens is 183 g/mol. The van der Waals surface area contributed by atoms with Crippen LogP contribution in [-0.4, -0.2) is 4.98 Å². The molecule has 1 aromatic rings. The Hall–Kier alpha value is -0.780. The van der Waals surface area contributed by atoms with Crippen LogP contribution in [0.15, 0.2) is 18.3 Å². The smallest absolute Gasteiger partial charge is 0.144 e. The molecule has 0 aliphatic carbocycles. The number of hydrogen-bond acceptors (Lipinski definition) is 2. The van der Waals surface area contributed by atoms with Crippen LogP contribution >= 0.6 is 24.0 Å². The van der Waals surface area contributed by atoms with Gasteiger partial charge in [0.05, 0.1) is 5.88 Å². The third-order valence-electron chi connectivity index (χ3n) is 1.14. The average molecular weight is 189 g/mol. The van der Waals surface area contributed by atoms with Crippen molar-refractivity contribution in [3.63, 3.8) is 0 Å². The van der Waals surface area contributed by atoms with Crippen molar-refractivity contribution in [2.75, 3.05) is 0 Å². The minimum absolute atomic E-state index is 0. The lowest BCUT2D eigenvalue weighted by Gasteiger charge is -1.93. The maximum Gasteiger partial charge on any atom is 0.144 e. The third kappa shape index (κ3) is 2.38. The van der Waals surface area contributed by atoms with Gasteiger partial charge in [0.25, 0.3) is 0 Å². The Morgan fingerprint density at radius 2 is 2.36 bits per heavy atom. The predicted molar refractivity (Wildman–Crippen MR) is 45.8 cm³/mol. The number of pyridine rings is 1. The molecule has 0 unspecified atom stereocenters. The van der Waals surface area contributed by atoms with Crippen molar-refractivity contribution in [1.82, 2.24) is 4.98 Å². The van der Waals surface area contributed by atoms with Crippen LogP contribution in [0.25, 0.3) is 0 Å². The maximum absolute atomic E-state index is 8.48. The van der Waals surface area contributed by atoms with E-state index in [-0.39, 0.29) is 12.4 Å². The third-order valence-corrected chi connectivity index (χ3v) is 1.43. The normalized spacial score (nSPS) is 8.00. The van der Waals surface area contributed by atoms with Crippen molar-refractivity contribution in [2.24, 2.45) is 0 Å². The Bertz CT molecular complexity index is 267. The molecule has 0 N–H and O–H groups in total. The van der Waals surface area contributed by atoms with Gasteiger partial charge in [-0.2, -0.15) is 5.26 Å². The Kier molecular flexibility index (Phi) is 4.60. The number of alkyl halides is 1. The molecule has 0 saturated heterocycles. The number of aromatic nitrogens is 1. The topological polar surface area (TPSA) is 36.7 Å². The van der Waals surface area contributed by atoms with Gasteiger partial charge in [0.2, 0.25) is 0 Å². The first kappa shape index (κ1) is 10.2. The Balaban J connectivity index is 0.000001000. The first-order chi connectivity index (χ1) is 4.88. The molecule has 0 spiro atoms. The Labute approximate surface area is 76.2 Å². The molecule has 1 rings (SSSR count). The van der Waals surface area contributed by atoms with E-state index in [1.165, 1.54) is 0 Å². The predicted octanol–water partition coefficient (Wildman–Crippen LogP) is 2.11. The van der Waals surface area contributed by atoms with Crippen LogP contribution < -0.4 is 0 Å². The molecular formula is C7H6Cl2N2. The fraction of sp³-hybridized carbons (Fsp3) is 0.143. The Morgan fingerprint density at radius 1 is 1.64 bits per heavy atom. The minimum Gasteiger partial charge on any atom is -0.245 e. The summed E-state index contributed by atoms with van der Waals surface area (Å²) in [7, 11) is 0. The lowest BCUT2D eigenvalue weighted by atomic mass is 10.2. The Morgan fingerprint density at radius 3 is 2.82 bits per heavy atom. The van der Waals surface area contributed by atoms with Crippen LogP contribution in [0.3, 0.4) is 0 Å². The highest BCUT2D eigenvalue weighted by Gasteiger charge is 1.97. The van der Waals surface area contributed by atoms with Crippen molar-refractivity contribution in [1.29, 1.82) is 5.26 Å². The van der Waals surface area contributed by atoms with Crippen molar-refractivity contribution >= 4 is 24.0 Å². The maximum atomic E-state index is 8.48. The van der Waals surface area contributed by atoms with E-state index < -0.39 is 0 Å². The van der Waals surface area contributed by atoms with Crippen molar-refractivity contribution in [2.45, 2.75) is 5.88 Å². The average Bonchev–Trinajstić information content (AvgIpc) is 2.04. The van der Waals surface area contributed by atoms with Crippen LogP contribution in [0.2, 0.25) is 0 Å². The number of nitriles is 1. The molecule has 0 aliphatic heterocycles. The highest BCUT2D eigenvalue weighted by Crippen LogP contribution is 2.05. The lowest BCUT2D eigenvalue weighted by molar-refractivity contribution is 1.19. The quantitative estimate of drug-likeness (QED) is 0.634. The number of hydrogen-bond donors (Lipinski definition) is 0. The van der Waals surface area contributed by atoms with E-state index in [4.69, 9.17) is 16.9 Å². The van der Waals surface area contributed by atoms with Gasteiger partial charge in [0.15, 0.2) is 0 Å². The minimum atomic E-state index is 0. The monoisotopic (exact) mass is 188 g/mol. The second kappa shape index (κ2) is 4.95. The largest absolute Gasteiger partial charge is 0.245 e. The molecule has 0 saturated carbocycles. The van der Waals surface area contributed by atoms with Crippen molar-refractivity contribution < 1.29 is 0 Å². The molecule has 0 fully saturated rings. The molecule has 0 bridgehead atoms. The number of nitrogens with zero attached hydrogens (tertiary/aromatic N) is 2. The van der Waals surface area contributed by atoms with E-state index in [0.717, 1.165) is 5.56 Å². The summed E-state index contributed by atoms with van der Waals surface area (Å²) >= 11 is 5.52. The molecule has 0 amide bonds. The van der Waals surface area contributed by atoms with Gasteiger partial charge in [0.1, 0.15) is 11.8 Å². The van der Waals surface area contributed by atoms with Gasteiger partial charge < -0.3 is 0 Å². The molecule has 0 radical (unpaired) electrons. The van der Waals surface area contributed by atoms with Gasteiger partial charge in [-0.1, -0.05) is 6.07 Å². The van der Waals surface area contributed by atoms with Gasteiger partial charge in [-0.3, -0.25) is 0 Å². The van der Waals surface area contributed by atoms with Gasteiger partial charge in [0, 0.05) is 11.8 Å². The van der Waals surface area contributed by atoms with Crippen LogP contribution in [0.5, 0.6) is 0 Å². The van der Waals surface area contributed by atoms with Crippen LogP contribution in [0.1, 0.15) is 11.3 Å². The lowest BCUT2D eigenvalue weighted by Crippen LogP contribution is -1.87. The molecule has 11 heavy (non-hydrogen) atoms. The van der Waals surface area contributed by atoms with Crippen LogP contribution in [-0.2, 0) is 5.88 Å². The highest BCUT2D eigenvalue weighted by atomic mass is 35.5. The van der Waals surface area contributed by atoms with E-state index in [0.29, 0.717) is 11.6 Å². The summed E-state index contributed by atoms with van der Waals surface area (Å²) < 4.78 is 0. The van der Waals surface area contributed by atoms with E-state index in [1.807, 2.05) is 6.07 Å². The van der Waals surface area contributed by atoms with Gasteiger partial charge in [-0.05, 0) is 6.07 Å². The zero-order chi connectivity index (χ0) is 7.40. The second-order valence-electron chi connectivity index (χ2n) is 1.76. The van der Waals surface area contributed by atoms with E-state index in [9.17, 15) is 0 Å². The van der Waals surface area contributed by atoms with E-state index in [2.05, 4.69) is 4.98 Å². The summed E-state index contributed by atoms with van der Waals surface area (Å²) in [4.78, 5) is 3.82. The summed E-state index contributed by atoms with van der Waals surface area (Å²) in [6, 6.07) is 5.50. The highest BCUT2D eigenvalue weighted by molar-refractivity contribution is 6.17. The summed E-state index contributed by atoms with van der Waals surface area (Å²) in [5.74, 6) is 0.344. The fourth-order valence-corrected chi connectivity index (χ4v) is 0.863. The summed E-state index contributed by atoms with van der Waals surface area (Å²) in [6.07, 6.45) is 1.58. The SMILES string of the molecule is Cl.N#Cc1ncccc1CCl. The molecule has 1 aromatic heterocycles. The fourth-order valence-electron chi connectivity index (χ4n) is 0.647. The standard InChI is InChI=1S/C7H5ClN2.ClH/c8-4-6-2-1-3-10-7(6)5-9;/h1-3H,4H2;1H. The summed E-state index contributed by atoms with van der Waals surface area (Å²) in [6.45, 7) is 0. The first-order valence-electron chi connectivity index (χ1n) is 2.78. The second-order valence-corrected chi connectivity index (χ2v) is 2.02. The van der Waals surface area contributed by atoms with Gasteiger partial charge >= 0.3 is 0 Å². The van der Waals surface area contributed by atoms with Crippen molar-refractivity contribution in [3.8, 4) is 6.07 Å². The molecule has 58 valence electrons. The molecule has 1 heterocycles. The molecule has 0 aliphatic rings. The van der Waals surface area contributed by atoms with Crippen LogP contribution in [0, 0.1) is 11.3 Å². The summed E-state index contributed by atoms with van der Waals surface area (Å²) in [5, 5.41) is 8.48. The zero-order valence-electron chi connectivity index (χ0n) is 5.62. The van der Waals surface area contributed by atoms with E-state index in [1.54, 1.807) is 18.3 Å². The van der Waals surface area contributed by atoms with Crippen LogP contribution in [0.4, 0.5) is 0 Å². The molecule has 4 heteroatoms. The molecule has 2 nitrogen and oxygen atoms in total. The van der Waals surface area contributed by atoms with Gasteiger partial charge in [-0.25, -0.2) is 4.98 Å². The van der Waals surface area contributed by atoms with E-state index >= 15 is 0 Å².